The van der Waals surface area contributed by atoms with Gasteiger partial charge in [-0.3, -0.25) is 9.98 Å². The van der Waals surface area contributed by atoms with Gasteiger partial charge in [0.05, 0.1) is 17.3 Å². The molecule has 0 N–H and O–H groups in total. The van der Waals surface area contributed by atoms with Gasteiger partial charge in [-0.25, -0.2) is 8.78 Å². The Bertz CT molecular complexity index is 1010. The number of pyridine rings is 1. The standard InChI is InChI=1S/C22H17F2N3O/c23-17-2-1-3-18(24)22(17)21-11-10-20(27-21)16-7-5-15(6-8-16)19-9-4-14(12-25-19)13-26-28/h1-9,12,20H,10-11,13H2. The van der Waals surface area contributed by atoms with Gasteiger partial charge < -0.3 is 0 Å². The first-order valence-electron chi connectivity index (χ1n) is 9.01. The Hall–Kier alpha value is -3.28. The van der Waals surface area contributed by atoms with Crippen molar-refractivity contribution in [1.82, 2.24) is 4.98 Å². The SMILES string of the molecule is O=NCc1ccc(-c2ccc(C3CCC(c4c(F)cccc4F)=N3)cc2)nc1. The van der Waals surface area contributed by atoms with Crippen molar-refractivity contribution in [2.75, 3.05) is 0 Å². The first kappa shape index (κ1) is 18.1. The fraction of sp³-hybridized carbons (Fsp3) is 0.182. The van der Waals surface area contributed by atoms with Crippen LogP contribution in [0.3, 0.4) is 0 Å². The molecule has 6 heteroatoms. The average Bonchev–Trinajstić information content (AvgIpc) is 3.19. The van der Waals surface area contributed by atoms with Crippen LogP contribution in [0, 0.1) is 16.5 Å². The molecule has 1 atom stereocenters. The van der Waals surface area contributed by atoms with Gasteiger partial charge in [0, 0.05) is 17.5 Å². The summed E-state index contributed by atoms with van der Waals surface area (Å²) < 4.78 is 28.0. The van der Waals surface area contributed by atoms with E-state index in [0.717, 1.165) is 22.4 Å². The number of hydrogen-bond acceptors (Lipinski definition) is 4. The summed E-state index contributed by atoms with van der Waals surface area (Å²) in [6.45, 7) is 0.108. The summed E-state index contributed by atoms with van der Waals surface area (Å²) in [6, 6.07) is 15.3. The maximum Gasteiger partial charge on any atom is 0.135 e. The number of aromatic nitrogens is 1. The molecule has 0 amide bonds. The molecule has 0 saturated heterocycles. The lowest BCUT2D eigenvalue weighted by Crippen LogP contribution is -2.03. The molecule has 28 heavy (non-hydrogen) atoms. The lowest BCUT2D eigenvalue weighted by molar-refractivity contribution is 0.578. The topological polar surface area (TPSA) is 54.7 Å². The van der Waals surface area contributed by atoms with Crippen molar-refractivity contribution in [3.05, 3.63) is 94.0 Å². The summed E-state index contributed by atoms with van der Waals surface area (Å²) in [6.07, 6.45) is 2.90. The lowest BCUT2D eigenvalue weighted by Gasteiger charge is -2.08. The number of benzene rings is 2. The molecule has 0 fully saturated rings. The summed E-state index contributed by atoms with van der Waals surface area (Å²) in [4.78, 5) is 19.2. The summed E-state index contributed by atoms with van der Waals surface area (Å²) in [7, 11) is 0. The summed E-state index contributed by atoms with van der Waals surface area (Å²) in [5.74, 6) is -1.15. The minimum absolute atomic E-state index is 0.0178. The van der Waals surface area contributed by atoms with E-state index >= 15 is 0 Å². The first-order chi connectivity index (χ1) is 13.7. The van der Waals surface area contributed by atoms with Crippen molar-refractivity contribution in [3.8, 4) is 11.3 Å². The number of halogens is 2. The van der Waals surface area contributed by atoms with Crippen molar-refractivity contribution in [3.63, 3.8) is 0 Å². The zero-order chi connectivity index (χ0) is 19.5. The van der Waals surface area contributed by atoms with E-state index < -0.39 is 11.6 Å². The Balaban J connectivity index is 1.54. The van der Waals surface area contributed by atoms with Gasteiger partial charge >= 0.3 is 0 Å². The zero-order valence-corrected chi connectivity index (χ0v) is 15.0. The fourth-order valence-electron chi connectivity index (χ4n) is 3.43. The van der Waals surface area contributed by atoms with Crippen LogP contribution in [0.1, 0.15) is 35.6 Å². The predicted octanol–water partition coefficient (Wildman–Crippen LogP) is 5.62. The van der Waals surface area contributed by atoms with E-state index in [1.165, 1.54) is 18.2 Å². The number of nitroso groups, excluding NO2 is 1. The minimum Gasteiger partial charge on any atom is -0.281 e. The molecule has 1 aliphatic rings. The van der Waals surface area contributed by atoms with E-state index in [2.05, 4.69) is 15.2 Å². The van der Waals surface area contributed by atoms with Crippen LogP contribution in [-0.2, 0) is 6.54 Å². The molecule has 4 nitrogen and oxygen atoms in total. The Labute approximate surface area is 161 Å². The van der Waals surface area contributed by atoms with E-state index in [0.29, 0.717) is 18.6 Å². The minimum atomic E-state index is -0.575. The second-order valence-corrected chi connectivity index (χ2v) is 6.69. The summed E-state index contributed by atoms with van der Waals surface area (Å²) in [5.41, 5.74) is 3.96. The van der Waals surface area contributed by atoms with Gasteiger partial charge in [0.15, 0.2) is 0 Å². The molecule has 140 valence electrons. The maximum absolute atomic E-state index is 14.0. The van der Waals surface area contributed by atoms with Crippen molar-refractivity contribution < 1.29 is 8.78 Å². The van der Waals surface area contributed by atoms with E-state index in [9.17, 15) is 13.7 Å². The van der Waals surface area contributed by atoms with Crippen LogP contribution >= 0.6 is 0 Å². The molecule has 0 saturated carbocycles. The third-order valence-corrected chi connectivity index (χ3v) is 4.88. The monoisotopic (exact) mass is 377 g/mol. The van der Waals surface area contributed by atoms with Crippen LogP contribution in [0.2, 0.25) is 0 Å². The van der Waals surface area contributed by atoms with E-state index in [-0.39, 0.29) is 18.2 Å². The van der Waals surface area contributed by atoms with Crippen LogP contribution < -0.4 is 0 Å². The fourth-order valence-corrected chi connectivity index (χ4v) is 3.43. The second kappa shape index (κ2) is 7.76. The van der Waals surface area contributed by atoms with Gasteiger partial charge in [-0.2, -0.15) is 4.91 Å². The third-order valence-electron chi connectivity index (χ3n) is 4.88. The quantitative estimate of drug-likeness (QED) is 0.542. The molecular weight excluding hydrogens is 360 g/mol. The number of rotatable bonds is 5. The molecule has 0 aliphatic carbocycles. The van der Waals surface area contributed by atoms with Crippen LogP contribution in [0.4, 0.5) is 8.78 Å². The molecule has 2 aromatic carbocycles. The Kier molecular flexibility index (Phi) is 5.02. The summed E-state index contributed by atoms with van der Waals surface area (Å²) >= 11 is 0. The highest BCUT2D eigenvalue weighted by Gasteiger charge is 2.24. The first-order valence-corrected chi connectivity index (χ1v) is 9.01. The Morgan fingerprint density at radius 2 is 1.75 bits per heavy atom. The van der Waals surface area contributed by atoms with Crippen molar-refractivity contribution >= 4 is 5.71 Å². The number of aliphatic imine (C=N–C) groups is 1. The zero-order valence-electron chi connectivity index (χ0n) is 15.0. The molecule has 0 spiro atoms. The highest BCUT2D eigenvalue weighted by Crippen LogP contribution is 2.33. The van der Waals surface area contributed by atoms with Crippen molar-refractivity contribution in [2.45, 2.75) is 25.4 Å². The van der Waals surface area contributed by atoms with Gasteiger partial charge in [-0.1, -0.05) is 41.6 Å². The Morgan fingerprint density at radius 3 is 2.39 bits per heavy atom. The van der Waals surface area contributed by atoms with E-state index in [4.69, 9.17) is 0 Å². The maximum atomic E-state index is 14.0. The normalized spacial score (nSPS) is 16.1. The smallest absolute Gasteiger partial charge is 0.135 e. The largest absolute Gasteiger partial charge is 0.281 e. The second-order valence-electron chi connectivity index (χ2n) is 6.69. The van der Waals surface area contributed by atoms with Crippen molar-refractivity contribution in [1.29, 1.82) is 0 Å². The van der Waals surface area contributed by atoms with Crippen LogP contribution in [0.25, 0.3) is 11.3 Å². The molecular formula is C22H17F2N3O. The van der Waals surface area contributed by atoms with Gasteiger partial charge in [0.2, 0.25) is 0 Å². The number of hydrogen-bond donors (Lipinski definition) is 0. The van der Waals surface area contributed by atoms with Crippen LogP contribution in [-0.4, -0.2) is 10.7 Å². The highest BCUT2D eigenvalue weighted by atomic mass is 19.1. The van der Waals surface area contributed by atoms with Crippen LogP contribution in [0.15, 0.2) is 71.0 Å². The van der Waals surface area contributed by atoms with E-state index in [1.807, 2.05) is 36.4 Å². The van der Waals surface area contributed by atoms with Gasteiger partial charge in [0.25, 0.3) is 0 Å². The van der Waals surface area contributed by atoms with E-state index in [1.54, 1.807) is 6.20 Å². The van der Waals surface area contributed by atoms with Crippen LogP contribution in [0.5, 0.6) is 0 Å². The van der Waals surface area contributed by atoms with Gasteiger partial charge in [-0.05, 0) is 42.2 Å². The van der Waals surface area contributed by atoms with Gasteiger partial charge in [-0.15, -0.1) is 0 Å². The van der Waals surface area contributed by atoms with Crippen molar-refractivity contribution in [2.24, 2.45) is 10.2 Å². The summed E-state index contributed by atoms with van der Waals surface area (Å²) in [5, 5.41) is 2.85. The third kappa shape index (κ3) is 3.58. The molecule has 1 aromatic heterocycles. The average molecular weight is 377 g/mol. The molecule has 0 bridgehead atoms. The Morgan fingerprint density at radius 1 is 1.00 bits per heavy atom. The molecule has 2 heterocycles. The predicted molar refractivity (Wildman–Crippen MR) is 104 cm³/mol. The molecule has 1 unspecified atom stereocenters. The molecule has 3 aromatic rings. The molecule has 1 aliphatic heterocycles. The highest BCUT2D eigenvalue weighted by molar-refractivity contribution is 6.02. The number of nitrogens with zero attached hydrogens (tertiary/aromatic N) is 3. The van der Waals surface area contributed by atoms with Gasteiger partial charge in [0.1, 0.15) is 18.2 Å². The lowest BCUT2D eigenvalue weighted by atomic mass is 10.0. The molecule has 0 radical (unpaired) electrons. The molecule has 4 rings (SSSR count).